The molecule has 31 heavy (non-hydrogen) atoms. The Morgan fingerprint density at radius 2 is 1.84 bits per heavy atom. The molecule has 1 saturated heterocycles. The summed E-state index contributed by atoms with van der Waals surface area (Å²) in [6.45, 7) is 4.18. The SMILES string of the molecule is C[C@H]1CN(c2ccc(C(F)(F)F)cc2)C(=O)c2c(-c3ccnc(N4CCC4)c3)cnn21. The number of alkyl halides is 3. The maximum absolute atomic E-state index is 13.4. The number of anilines is 2. The number of hydrogen-bond acceptors (Lipinski definition) is 4. The standard InChI is InChI=1S/C22H20F3N5O/c1-14-13-29(17-5-3-16(4-6-17)22(23,24)25)21(31)20-18(12-27-30(14)20)15-7-8-26-19(11-15)28-9-2-10-28/h3-8,11-12,14H,2,9-10,13H2,1H3/t14-/m0/s1. The lowest BCUT2D eigenvalue weighted by molar-refractivity contribution is -0.137. The summed E-state index contributed by atoms with van der Waals surface area (Å²) >= 11 is 0. The summed E-state index contributed by atoms with van der Waals surface area (Å²) in [5, 5.41) is 4.43. The van der Waals surface area contributed by atoms with Gasteiger partial charge in [-0.1, -0.05) is 0 Å². The van der Waals surface area contributed by atoms with E-state index in [4.69, 9.17) is 0 Å². The Bertz CT molecular complexity index is 1130. The van der Waals surface area contributed by atoms with Crippen molar-refractivity contribution in [3.8, 4) is 11.1 Å². The molecule has 2 aliphatic heterocycles. The predicted octanol–water partition coefficient (Wildman–Crippen LogP) is 4.40. The first-order chi connectivity index (χ1) is 14.8. The Balaban J connectivity index is 1.51. The van der Waals surface area contributed by atoms with Gasteiger partial charge in [0.05, 0.1) is 17.8 Å². The largest absolute Gasteiger partial charge is 0.416 e. The van der Waals surface area contributed by atoms with Crippen LogP contribution in [0.1, 0.15) is 35.4 Å². The molecule has 4 heterocycles. The fourth-order valence-corrected chi connectivity index (χ4v) is 4.03. The first-order valence-electron chi connectivity index (χ1n) is 10.1. The summed E-state index contributed by atoms with van der Waals surface area (Å²) in [6.07, 6.45) is 0.110. The molecule has 0 bridgehead atoms. The van der Waals surface area contributed by atoms with E-state index in [1.165, 1.54) is 17.0 Å². The molecule has 0 unspecified atom stereocenters. The molecule has 0 N–H and O–H groups in total. The third kappa shape index (κ3) is 3.34. The maximum Gasteiger partial charge on any atom is 0.416 e. The van der Waals surface area contributed by atoms with Gasteiger partial charge in [-0.25, -0.2) is 4.98 Å². The summed E-state index contributed by atoms with van der Waals surface area (Å²) < 4.78 is 40.4. The molecule has 5 rings (SSSR count). The van der Waals surface area contributed by atoms with Gasteiger partial charge in [0, 0.05) is 37.1 Å². The van der Waals surface area contributed by atoms with Crippen molar-refractivity contribution >= 4 is 17.4 Å². The highest BCUT2D eigenvalue weighted by Gasteiger charge is 2.35. The lowest BCUT2D eigenvalue weighted by Gasteiger charge is -2.33. The zero-order valence-corrected chi connectivity index (χ0v) is 16.8. The number of hydrogen-bond donors (Lipinski definition) is 0. The molecule has 1 atom stereocenters. The van der Waals surface area contributed by atoms with Crippen LogP contribution in [-0.2, 0) is 6.18 Å². The molecule has 2 aromatic heterocycles. The molecular formula is C22H20F3N5O. The van der Waals surface area contributed by atoms with Gasteiger partial charge in [0.2, 0.25) is 0 Å². The number of pyridine rings is 1. The van der Waals surface area contributed by atoms with Crippen LogP contribution in [0, 0.1) is 0 Å². The number of rotatable bonds is 3. The van der Waals surface area contributed by atoms with Crippen LogP contribution in [0.25, 0.3) is 11.1 Å². The summed E-state index contributed by atoms with van der Waals surface area (Å²) in [5.74, 6) is 0.576. The molecular weight excluding hydrogens is 407 g/mol. The van der Waals surface area contributed by atoms with Crippen molar-refractivity contribution in [2.45, 2.75) is 25.6 Å². The summed E-state index contributed by atoms with van der Waals surface area (Å²) in [4.78, 5) is 21.5. The summed E-state index contributed by atoms with van der Waals surface area (Å²) in [6, 6.07) is 8.36. The minimum Gasteiger partial charge on any atom is -0.356 e. The number of fused-ring (bicyclic) bond motifs is 1. The highest BCUT2D eigenvalue weighted by atomic mass is 19.4. The Morgan fingerprint density at radius 1 is 1.10 bits per heavy atom. The highest BCUT2D eigenvalue weighted by molar-refractivity contribution is 6.09. The minimum absolute atomic E-state index is 0.125. The van der Waals surface area contributed by atoms with Crippen LogP contribution < -0.4 is 9.80 Å². The van der Waals surface area contributed by atoms with Crippen LogP contribution in [0.3, 0.4) is 0 Å². The van der Waals surface area contributed by atoms with Gasteiger partial charge in [-0.2, -0.15) is 18.3 Å². The number of benzene rings is 1. The average molecular weight is 427 g/mol. The molecule has 6 nitrogen and oxygen atoms in total. The van der Waals surface area contributed by atoms with Gasteiger partial charge in [-0.15, -0.1) is 0 Å². The molecule has 1 fully saturated rings. The van der Waals surface area contributed by atoms with E-state index in [-0.39, 0.29) is 11.9 Å². The second kappa shape index (κ2) is 7.11. The molecule has 9 heteroatoms. The number of amides is 1. The van der Waals surface area contributed by atoms with E-state index in [0.29, 0.717) is 23.5 Å². The van der Waals surface area contributed by atoms with Crippen molar-refractivity contribution < 1.29 is 18.0 Å². The number of nitrogens with zero attached hydrogens (tertiary/aromatic N) is 5. The molecule has 160 valence electrons. The van der Waals surface area contributed by atoms with Gasteiger partial charge in [0.25, 0.3) is 5.91 Å². The van der Waals surface area contributed by atoms with E-state index < -0.39 is 11.7 Å². The zero-order valence-electron chi connectivity index (χ0n) is 16.8. The third-order valence-corrected chi connectivity index (χ3v) is 5.85. The maximum atomic E-state index is 13.4. The van der Waals surface area contributed by atoms with E-state index >= 15 is 0 Å². The monoisotopic (exact) mass is 427 g/mol. The molecule has 0 spiro atoms. The average Bonchev–Trinajstić information content (AvgIpc) is 3.15. The van der Waals surface area contributed by atoms with Gasteiger partial charge in [-0.05, 0) is 55.3 Å². The molecule has 2 aliphatic rings. The van der Waals surface area contributed by atoms with Crippen molar-refractivity contribution in [3.05, 3.63) is 60.0 Å². The van der Waals surface area contributed by atoms with Crippen molar-refractivity contribution in [1.82, 2.24) is 14.8 Å². The smallest absolute Gasteiger partial charge is 0.356 e. The number of carbonyl (C=O) groups excluding carboxylic acids is 1. The Labute approximate surface area is 176 Å². The van der Waals surface area contributed by atoms with Crippen molar-refractivity contribution in [3.63, 3.8) is 0 Å². The number of halogens is 3. The first-order valence-corrected chi connectivity index (χ1v) is 10.1. The molecule has 0 saturated carbocycles. The topological polar surface area (TPSA) is 54.3 Å². The van der Waals surface area contributed by atoms with Crippen LogP contribution >= 0.6 is 0 Å². The Kier molecular flexibility index (Phi) is 4.49. The van der Waals surface area contributed by atoms with Crippen LogP contribution in [0.2, 0.25) is 0 Å². The molecule has 1 amide bonds. The van der Waals surface area contributed by atoms with E-state index in [1.807, 2.05) is 19.1 Å². The second-order valence-corrected chi connectivity index (χ2v) is 7.90. The number of carbonyl (C=O) groups is 1. The van der Waals surface area contributed by atoms with E-state index in [0.717, 1.165) is 43.0 Å². The van der Waals surface area contributed by atoms with Crippen LogP contribution in [0.5, 0.6) is 0 Å². The van der Waals surface area contributed by atoms with Crippen molar-refractivity contribution in [2.24, 2.45) is 0 Å². The van der Waals surface area contributed by atoms with E-state index in [1.54, 1.807) is 17.1 Å². The minimum atomic E-state index is -4.42. The lowest BCUT2D eigenvalue weighted by atomic mass is 10.0. The molecule has 0 radical (unpaired) electrons. The Hall–Kier alpha value is -3.36. The highest BCUT2D eigenvalue weighted by Crippen LogP contribution is 2.35. The van der Waals surface area contributed by atoms with Gasteiger partial charge >= 0.3 is 6.18 Å². The normalized spacial score (nSPS) is 18.7. The molecule has 0 aliphatic carbocycles. The fourth-order valence-electron chi connectivity index (χ4n) is 4.03. The summed E-state index contributed by atoms with van der Waals surface area (Å²) in [5.41, 5.74) is 1.65. The van der Waals surface area contributed by atoms with Gasteiger partial charge in [0.15, 0.2) is 0 Å². The van der Waals surface area contributed by atoms with Crippen LogP contribution in [-0.4, -0.2) is 40.3 Å². The fraction of sp³-hybridized carbons (Fsp3) is 0.318. The quantitative estimate of drug-likeness (QED) is 0.622. The number of aromatic nitrogens is 3. The zero-order chi connectivity index (χ0) is 21.8. The van der Waals surface area contributed by atoms with Crippen molar-refractivity contribution in [2.75, 3.05) is 29.4 Å². The van der Waals surface area contributed by atoms with E-state index in [9.17, 15) is 18.0 Å². The first kappa shape index (κ1) is 19.6. The molecule has 1 aromatic carbocycles. The van der Waals surface area contributed by atoms with Gasteiger partial charge < -0.3 is 9.80 Å². The van der Waals surface area contributed by atoms with Gasteiger partial charge in [0.1, 0.15) is 11.5 Å². The van der Waals surface area contributed by atoms with Crippen LogP contribution in [0.15, 0.2) is 48.8 Å². The Morgan fingerprint density at radius 3 is 2.48 bits per heavy atom. The molecule has 3 aromatic rings. The van der Waals surface area contributed by atoms with Crippen molar-refractivity contribution in [1.29, 1.82) is 0 Å². The van der Waals surface area contributed by atoms with E-state index in [2.05, 4.69) is 15.0 Å². The third-order valence-electron chi connectivity index (χ3n) is 5.85. The second-order valence-electron chi connectivity index (χ2n) is 7.90. The summed E-state index contributed by atoms with van der Waals surface area (Å²) in [7, 11) is 0. The van der Waals surface area contributed by atoms with Crippen LogP contribution in [0.4, 0.5) is 24.7 Å². The predicted molar refractivity (Wildman–Crippen MR) is 110 cm³/mol. The lowest BCUT2D eigenvalue weighted by Crippen LogP contribution is -2.42. The van der Waals surface area contributed by atoms with Gasteiger partial charge in [-0.3, -0.25) is 9.48 Å².